The second-order valence-electron chi connectivity index (χ2n) is 3.28. The molecule has 0 unspecified atom stereocenters. The highest BCUT2D eigenvalue weighted by molar-refractivity contribution is 6.29. The normalized spacial score (nSPS) is 9.44. The van der Waals surface area contributed by atoms with Crippen molar-refractivity contribution in [2.75, 3.05) is 13.6 Å². The van der Waals surface area contributed by atoms with Gasteiger partial charge in [0.15, 0.2) is 0 Å². The van der Waals surface area contributed by atoms with Crippen molar-refractivity contribution in [3.8, 4) is 0 Å². The van der Waals surface area contributed by atoms with Crippen LogP contribution in [0, 0.1) is 0 Å². The second kappa shape index (κ2) is 6.21. The predicted octanol–water partition coefficient (Wildman–Crippen LogP) is 2.40. The number of pyridine rings is 1. The number of hydrogen-bond acceptors (Lipinski definition) is 3. The topological polar surface area (TPSA) is 28.2 Å². The van der Waals surface area contributed by atoms with Gasteiger partial charge in [-0.05, 0) is 18.6 Å². The van der Waals surface area contributed by atoms with Crippen molar-refractivity contribution < 1.29 is 0 Å². The first-order valence-electron chi connectivity index (χ1n) is 5.14. The molecule has 3 nitrogen and oxygen atoms in total. The molecule has 0 atom stereocenters. The monoisotopic (exact) mass is 237 g/mol. The van der Waals surface area contributed by atoms with Crippen LogP contribution in [0.5, 0.6) is 0 Å². The minimum Gasteiger partial charge on any atom is -0.368 e. The van der Waals surface area contributed by atoms with Crippen LogP contribution in [-0.2, 0) is 6.54 Å². The zero-order chi connectivity index (χ0) is 12.0. The van der Waals surface area contributed by atoms with Gasteiger partial charge in [0.1, 0.15) is 11.0 Å². The van der Waals surface area contributed by atoms with E-state index in [-0.39, 0.29) is 0 Å². The molecular weight excluding hydrogens is 222 g/mol. The van der Waals surface area contributed by atoms with E-state index in [0.717, 1.165) is 24.5 Å². The van der Waals surface area contributed by atoms with Crippen LogP contribution in [-0.4, -0.2) is 23.5 Å². The van der Waals surface area contributed by atoms with Crippen molar-refractivity contribution in [1.82, 2.24) is 15.2 Å². The maximum atomic E-state index is 5.73. The predicted molar refractivity (Wildman–Crippen MR) is 67.0 cm³/mol. The summed E-state index contributed by atoms with van der Waals surface area (Å²) < 4.78 is 0. The molecule has 4 heteroatoms. The lowest BCUT2D eigenvalue weighted by atomic mass is 10.2. The quantitative estimate of drug-likeness (QED) is 0.630. The van der Waals surface area contributed by atoms with Crippen LogP contribution >= 0.6 is 11.6 Å². The summed E-state index contributed by atoms with van der Waals surface area (Å²) in [5, 5.41) is 3.57. The lowest BCUT2D eigenvalue weighted by molar-refractivity contribution is 0.335. The van der Waals surface area contributed by atoms with E-state index >= 15 is 0 Å². The molecule has 0 saturated carbocycles. The fourth-order valence-corrected chi connectivity index (χ4v) is 1.54. The third-order valence-electron chi connectivity index (χ3n) is 2.26. The Hall–Kier alpha value is -1.44. The smallest absolute Gasteiger partial charge is 0.146 e. The Morgan fingerprint density at radius 1 is 1.62 bits per heavy atom. The van der Waals surface area contributed by atoms with E-state index in [1.54, 1.807) is 12.3 Å². The summed E-state index contributed by atoms with van der Waals surface area (Å²) in [6.45, 7) is 7.37. The maximum absolute atomic E-state index is 5.73. The number of aromatic nitrogens is 1. The fraction of sp³-hybridized carbons (Fsp3) is 0.333. The van der Waals surface area contributed by atoms with Crippen LogP contribution in [0.25, 0.3) is 0 Å². The zero-order valence-corrected chi connectivity index (χ0v) is 10.4. The Kier molecular flexibility index (Phi) is 4.90. The first-order valence-corrected chi connectivity index (χ1v) is 5.52. The molecule has 1 heterocycles. The average molecular weight is 238 g/mol. The number of nitrogens with one attached hydrogen (secondary N) is 1. The summed E-state index contributed by atoms with van der Waals surface area (Å²) in [6, 6.07) is 3.76. The molecule has 0 bridgehead atoms. The van der Waals surface area contributed by atoms with E-state index in [0.29, 0.717) is 5.15 Å². The summed E-state index contributed by atoms with van der Waals surface area (Å²) >= 11 is 5.73. The van der Waals surface area contributed by atoms with Crippen molar-refractivity contribution >= 4 is 11.6 Å². The van der Waals surface area contributed by atoms with Crippen LogP contribution in [0.2, 0.25) is 5.15 Å². The molecule has 0 aromatic carbocycles. The highest BCUT2D eigenvalue weighted by Gasteiger charge is 2.06. The summed E-state index contributed by atoms with van der Waals surface area (Å²) in [6.07, 6.45) is 1.78. The Bertz CT molecular complexity index is 380. The fourth-order valence-electron chi connectivity index (χ4n) is 1.43. The van der Waals surface area contributed by atoms with Gasteiger partial charge in [0.25, 0.3) is 0 Å². The molecule has 1 aromatic rings. The molecule has 1 rings (SSSR count). The average Bonchev–Trinajstić information content (AvgIpc) is 2.32. The van der Waals surface area contributed by atoms with Crippen molar-refractivity contribution in [2.24, 2.45) is 0 Å². The molecular formula is C12H16ClN3. The Morgan fingerprint density at radius 3 is 2.81 bits per heavy atom. The summed E-state index contributed by atoms with van der Waals surface area (Å²) in [5.41, 5.74) is 3.98. The van der Waals surface area contributed by atoms with Crippen molar-refractivity contribution in [3.63, 3.8) is 0 Å². The molecule has 0 radical (unpaired) electrons. The maximum Gasteiger partial charge on any atom is 0.146 e. The van der Waals surface area contributed by atoms with Crippen LogP contribution in [0.3, 0.4) is 0 Å². The molecule has 0 spiro atoms. The van der Waals surface area contributed by atoms with Gasteiger partial charge in [0.05, 0.1) is 0 Å². The molecule has 0 saturated heterocycles. The van der Waals surface area contributed by atoms with Crippen LogP contribution in [0.4, 0.5) is 0 Å². The number of halogens is 1. The zero-order valence-electron chi connectivity index (χ0n) is 9.63. The number of nitrogens with zero attached hydrogens (tertiary/aromatic N) is 2. The number of rotatable bonds is 5. The van der Waals surface area contributed by atoms with Crippen LogP contribution < -0.4 is 5.32 Å². The van der Waals surface area contributed by atoms with Gasteiger partial charge in [-0.1, -0.05) is 30.0 Å². The molecule has 86 valence electrons. The van der Waals surface area contributed by atoms with Gasteiger partial charge in [-0.2, -0.15) is 0 Å². The molecule has 0 amide bonds. The van der Waals surface area contributed by atoms with E-state index < -0.39 is 0 Å². The highest BCUT2D eigenvalue weighted by Crippen LogP contribution is 2.10. The second-order valence-corrected chi connectivity index (χ2v) is 3.67. The highest BCUT2D eigenvalue weighted by atomic mass is 35.5. The SMILES string of the molecule is C=C=C(NC)N(CC)Cc1ccc(Cl)nc1. The van der Waals surface area contributed by atoms with Gasteiger partial charge in [-0.15, -0.1) is 0 Å². The summed E-state index contributed by atoms with van der Waals surface area (Å²) in [4.78, 5) is 6.17. The molecule has 0 aliphatic heterocycles. The van der Waals surface area contributed by atoms with E-state index in [4.69, 9.17) is 11.6 Å². The molecule has 0 aliphatic carbocycles. The summed E-state index contributed by atoms with van der Waals surface area (Å²) in [5.74, 6) is 0.887. The van der Waals surface area contributed by atoms with Gasteiger partial charge in [0, 0.05) is 26.3 Å². The standard InChI is InChI=1S/C12H16ClN3/c1-4-12(14-3)16(5-2)9-10-6-7-11(13)15-8-10/h6-8,14H,1,5,9H2,2-3H3. The van der Waals surface area contributed by atoms with E-state index in [9.17, 15) is 0 Å². The lowest BCUT2D eigenvalue weighted by Crippen LogP contribution is -2.28. The van der Waals surface area contributed by atoms with Gasteiger partial charge in [0.2, 0.25) is 0 Å². The molecule has 0 aliphatic rings. The molecule has 1 N–H and O–H groups in total. The van der Waals surface area contributed by atoms with E-state index in [1.165, 1.54) is 0 Å². The van der Waals surface area contributed by atoms with Gasteiger partial charge >= 0.3 is 0 Å². The minimum atomic E-state index is 0.514. The third-order valence-corrected chi connectivity index (χ3v) is 2.49. The Labute approximate surface area is 101 Å². The van der Waals surface area contributed by atoms with Crippen LogP contribution in [0.15, 0.2) is 36.5 Å². The first kappa shape index (κ1) is 12.6. The summed E-state index contributed by atoms with van der Waals surface area (Å²) in [7, 11) is 1.86. The Morgan fingerprint density at radius 2 is 2.38 bits per heavy atom. The number of hydrogen-bond donors (Lipinski definition) is 1. The van der Waals surface area contributed by atoms with Gasteiger partial charge in [-0.25, -0.2) is 4.98 Å². The lowest BCUT2D eigenvalue weighted by Gasteiger charge is -2.23. The van der Waals surface area contributed by atoms with Crippen LogP contribution in [0.1, 0.15) is 12.5 Å². The van der Waals surface area contributed by atoms with Crippen molar-refractivity contribution in [2.45, 2.75) is 13.5 Å². The largest absolute Gasteiger partial charge is 0.368 e. The van der Waals surface area contributed by atoms with Gasteiger partial charge < -0.3 is 10.2 Å². The first-order chi connectivity index (χ1) is 7.71. The van der Waals surface area contributed by atoms with Gasteiger partial charge in [-0.3, -0.25) is 0 Å². The third kappa shape index (κ3) is 3.30. The molecule has 1 aromatic heterocycles. The Balaban J connectivity index is 2.77. The molecule has 0 fully saturated rings. The van der Waals surface area contributed by atoms with Crippen molar-refractivity contribution in [1.29, 1.82) is 0 Å². The van der Waals surface area contributed by atoms with E-state index in [2.05, 4.69) is 34.4 Å². The molecule has 16 heavy (non-hydrogen) atoms. The minimum absolute atomic E-state index is 0.514. The van der Waals surface area contributed by atoms with Crippen molar-refractivity contribution in [3.05, 3.63) is 47.2 Å². The van der Waals surface area contributed by atoms with E-state index in [1.807, 2.05) is 13.1 Å².